The highest BCUT2D eigenvalue weighted by molar-refractivity contribution is 5.78. The summed E-state index contributed by atoms with van der Waals surface area (Å²) in [5.41, 5.74) is -0.748. The average Bonchev–Trinajstić information content (AvgIpc) is 2.46. The van der Waals surface area contributed by atoms with E-state index in [-0.39, 0.29) is 11.8 Å². The van der Waals surface area contributed by atoms with E-state index < -0.39 is 5.60 Å². The minimum absolute atomic E-state index is 0.133. The van der Waals surface area contributed by atoms with Crippen LogP contribution in [0.5, 0.6) is 0 Å². The summed E-state index contributed by atoms with van der Waals surface area (Å²) in [7, 11) is 2.10. The van der Waals surface area contributed by atoms with Crippen LogP contribution in [0.15, 0.2) is 0 Å². The van der Waals surface area contributed by atoms with Crippen molar-refractivity contribution in [2.24, 2.45) is 11.8 Å². The quantitative estimate of drug-likeness (QED) is 0.826. The molecule has 20 heavy (non-hydrogen) atoms. The average molecular weight is 282 g/mol. The maximum atomic E-state index is 12.2. The Balaban J connectivity index is 1.76. The molecule has 2 fully saturated rings. The number of aliphatic hydroxyl groups is 1. The zero-order chi connectivity index (χ0) is 14.6. The molecule has 2 N–H and O–H groups in total. The molecule has 4 heteroatoms. The van der Waals surface area contributed by atoms with Gasteiger partial charge in [-0.15, -0.1) is 0 Å². The molecule has 4 nitrogen and oxygen atoms in total. The van der Waals surface area contributed by atoms with Crippen molar-refractivity contribution in [3.05, 3.63) is 0 Å². The van der Waals surface area contributed by atoms with Crippen molar-refractivity contribution in [2.45, 2.75) is 57.5 Å². The highest BCUT2D eigenvalue weighted by Crippen LogP contribution is 2.32. The van der Waals surface area contributed by atoms with Crippen molar-refractivity contribution in [1.29, 1.82) is 0 Å². The molecule has 2 aliphatic rings. The van der Waals surface area contributed by atoms with E-state index >= 15 is 0 Å². The van der Waals surface area contributed by atoms with Gasteiger partial charge in [-0.05, 0) is 58.7 Å². The number of hydrogen-bond donors (Lipinski definition) is 2. The van der Waals surface area contributed by atoms with Gasteiger partial charge in [-0.25, -0.2) is 0 Å². The summed E-state index contributed by atoms with van der Waals surface area (Å²) in [6, 6.07) is 0. The van der Waals surface area contributed by atoms with E-state index in [1.807, 2.05) is 6.92 Å². The molecule has 116 valence electrons. The molecule has 0 bridgehead atoms. The summed E-state index contributed by atoms with van der Waals surface area (Å²) < 4.78 is 0. The van der Waals surface area contributed by atoms with Crippen LogP contribution in [-0.2, 0) is 4.79 Å². The summed E-state index contributed by atoms with van der Waals surface area (Å²) in [6.07, 6.45) is 7.78. The zero-order valence-corrected chi connectivity index (χ0v) is 13.0. The molecule has 1 amide bonds. The third kappa shape index (κ3) is 4.19. The highest BCUT2D eigenvalue weighted by atomic mass is 16.3. The first kappa shape index (κ1) is 15.8. The Morgan fingerprint density at radius 3 is 2.40 bits per heavy atom. The second kappa shape index (κ2) is 6.90. The first-order valence-electron chi connectivity index (χ1n) is 8.17. The molecule has 0 aromatic heterocycles. The lowest BCUT2D eigenvalue weighted by Gasteiger charge is -2.36. The van der Waals surface area contributed by atoms with Crippen LogP contribution in [0.4, 0.5) is 0 Å². The minimum atomic E-state index is -0.748. The lowest BCUT2D eigenvalue weighted by Crippen LogP contribution is -2.49. The Kier molecular flexibility index (Phi) is 5.44. The predicted octanol–water partition coefficient (Wildman–Crippen LogP) is 1.78. The number of likely N-dealkylation sites (tertiary alicyclic amines) is 1. The van der Waals surface area contributed by atoms with Gasteiger partial charge in [0.2, 0.25) is 5.91 Å². The zero-order valence-electron chi connectivity index (χ0n) is 13.0. The van der Waals surface area contributed by atoms with E-state index in [1.54, 1.807) is 0 Å². The summed E-state index contributed by atoms with van der Waals surface area (Å²) in [5.74, 6) is 0.608. The van der Waals surface area contributed by atoms with Crippen molar-refractivity contribution in [1.82, 2.24) is 10.2 Å². The molecule has 2 rings (SSSR count). The van der Waals surface area contributed by atoms with Gasteiger partial charge in [0.15, 0.2) is 0 Å². The molecule has 1 saturated heterocycles. The molecular formula is C16H30N2O2. The number of carbonyl (C=O) groups is 1. The van der Waals surface area contributed by atoms with Gasteiger partial charge < -0.3 is 15.3 Å². The van der Waals surface area contributed by atoms with Gasteiger partial charge in [0.1, 0.15) is 0 Å². The number of piperidine rings is 1. The number of nitrogens with zero attached hydrogens (tertiary/aromatic N) is 1. The second-order valence-electron chi connectivity index (χ2n) is 6.99. The van der Waals surface area contributed by atoms with E-state index in [0.29, 0.717) is 12.5 Å². The van der Waals surface area contributed by atoms with Gasteiger partial charge >= 0.3 is 0 Å². The number of amides is 1. The van der Waals surface area contributed by atoms with Crippen LogP contribution in [-0.4, -0.2) is 48.2 Å². The smallest absolute Gasteiger partial charge is 0.223 e. The molecule has 0 aromatic rings. The number of hydrogen-bond acceptors (Lipinski definition) is 3. The fourth-order valence-corrected chi connectivity index (χ4v) is 3.55. The lowest BCUT2D eigenvalue weighted by atomic mass is 9.78. The number of carbonyl (C=O) groups excluding carboxylic acids is 1. The Morgan fingerprint density at radius 2 is 1.80 bits per heavy atom. The van der Waals surface area contributed by atoms with Crippen molar-refractivity contribution < 1.29 is 9.90 Å². The Morgan fingerprint density at radius 1 is 1.20 bits per heavy atom. The Labute approximate surface area is 122 Å². The first-order valence-corrected chi connectivity index (χ1v) is 8.17. The van der Waals surface area contributed by atoms with Crippen molar-refractivity contribution in [2.75, 3.05) is 26.7 Å². The number of rotatable bonds is 4. The maximum absolute atomic E-state index is 12.2. The van der Waals surface area contributed by atoms with Crippen LogP contribution < -0.4 is 5.32 Å². The van der Waals surface area contributed by atoms with E-state index in [1.165, 1.54) is 19.3 Å². The van der Waals surface area contributed by atoms with Crippen LogP contribution in [0, 0.1) is 11.8 Å². The van der Waals surface area contributed by atoms with E-state index in [4.69, 9.17) is 0 Å². The van der Waals surface area contributed by atoms with Gasteiger partial charge in [-0.1, -0.05) is 19.3 Å². The molecule has 0 radical (unpaired) electrons. The third-order valence-electron chi connectivity index (χ3n) is 5.19. The minimum Gasteiger partial charge on any atom is -0.388 e. The van der Waals surface area contributed by atoms with Gasteiger partial charge in [0, 0.05) is 12.5 Å². The van der Waals surface area contributed by atoms with Crippen LogP contribution in [0.2, 0.25) is 0 Å². The first-order chi connectivity index (χ1) is 9.49. The lowest BCUT2D eigenvalue weighted by molar-refractivity contribution is -0.128. The van der Waals surface area contributed by atoms with Crippen molar-refractivity contribution in [3.63, 3.8) is 0 Å². The predicted molar refractivity (Wildman–Crippen MR) is 80.4 cm³/mol. The SMILES string of the molecule is CN1CCC(C(=O)NC[C@@](C)(O)C2CCCCC2)CC1. The molecule has 1 aliphatic heterocycles. The Hall–Kier alpha value is -0.610. The van der Waals surface area contributed by atoms with Crippen molar-refractivity contribution >= 4 is 5.91 Å². The fourth-order valence-electron chi connectivity index (χ4n) is 3.55. The van der Waals surface area contributed by atoms with Gasteiger partial charge in [0.25, 0.3) is 0 Å². The van der Waals surface area contributed by atoms with Crippen molar-refractivity contribution in [3.8, 4) is 0 Å². The van der Waals surface area contributed by atoms with Gasteiger partial charge in [0.05, 0.1) is 5.60 Å². The topological polar surface area (TPSA) is 52.6 Å². The molecular weight excluding hydrogens is 252 g/mol. The van der Waals surface area contributed by atoms with Crippen LogP contribution in [0.25, 0.3) is 0 Å². The molecule has 0 aromatic carbocycles. The molecule has 0 spiro atoms. The molecule has 1 heterocycles. The van der Waals surface area contributed by atoms with Crippen LogP contribution >= 0.6 is 0 Å². The summed E-state index contributed by atoms with van der Waals surface area (Å²) in [5, 5.41) is 13.6. The normalized spacial score (nSPS) is 26.1. The monoisotopic (exact) mass is 282 g/mol. The summed E-state index contributed by atoms with van der Waals surface area (Å²) >= 11 is 0. The van der Waals surface area contributed by atoms with Crippen LogP contribution in [0.1, 0.15) is 51.9 Å². The van der Waals surface area contributed by atoms with E-state index in [0.717, 1.165) is 38.8 Å². The Bertz CT molecular complexity index is 316. The molecule has 1 atom stereocenters. The van der Waals surface area contributed by atoms with E-state index in [2.05, 4.69) is 17.3 Å². The second-order valence-corrected chi connectivity index (χ2v) is 6.99. The largest absolute Gasteiger partial charge is 0.388 e. The molecule has 1 saturated carbocycles. The van der Waals surface area contributed by atoms with Crippen LogP contribution in [0.3, 0.4) is 0 Å². The standard InChI is InChI=1S/C16H30N2O2/c1-16(20,14-6-4-3-5-7-14)12-17-15(19)13-8-10-18(2)11-9-13/h13-14,20H,3-12H2,1-2H3,(H,17,19)/t16-/m1/s1. The van der Waals surface area contributed by atoms with Gasteiger partial charge in [-0.3, -0.25) is 4.79 Å². The number of nitrogens with one attached hydrogen (secondary N) is 1. The summed E-state index contributed by atoms with van der Waals surface area (Å²) in [6.45, 7) is 4.29. The maximum Gasteiger partial charge on any atom is 0.223 e. The molecule has 0 unspecified atom stereocenters. The highest BCUT2D eigenvalue weighted by Gasteiger charge is 2.34. The van der Waals surface area contributed by atoms with Gasteiger partial charge in [-0.2, -0.15) is 0 Å². The van der Waals surface area contributed by atoms with E-state index in [9.17, 15) is 9.90 Å². The summed E-state index contributed by atoms with van der Waals surface area (Å²) in [4.78, 5) is 14.5. The molecule has 1 aliphatic carbocycles. The third-order valence-corrected chi connectivity index (χ3v) is 5.19. The fraction of sp³-hybridized carbons (Fsp3) is 0.938.